The van der Waals surface area contributed by atoms with Gasteiger partial charge < -0.3 is 5.11 Å². The van der Waals surface area contributed by atoms with Crippen molar-refractivity contribution >= 4 is 16.2 Å². The van der Waals surface area contributed by atoms with E-state index in [1.165, 1.54) is 8.61 Å². The van der Waals surface area contributed by atoms with Gasteiger partial charge in [-0.2, -0.15) is 17.0 Å². The summed E-state index contributed by atoms with van der Waals surface area (Å²) in [7, 11) is -3.50. The maximum Gasteiger partial charge on any atom is 0.308 e. The fraction of sp³-hybridized carbons (Fsp3) is 0.917. The van der Waals surface area contributed by atoms with E-state index in [1.807, 2.05) is 0 Å². The molecule has 110 valence electrons. The minimum Gasteiger partial charge on any atom is -0.481 e. The van der Waals surface area contributed by atoms with Crippen LogP contribution in [0.25, 0.3) is 0 Å². The molecule has 0 amide bonds. The number of carbonyl (C=O) groups is 1. The lowest BCUT2D eigenvalue weighted by molar-refractivity contribution is -0.144. The molecular weight excluding hydrogens is 268 g/mol. The van der Waals surface area contributed by atoms with Crippen molar-refractivity contribution in [2.75, 3.05) is 19.6 Å². The molecule has 7 heteroatoms. The molecule has 0 aromatic carbocycles. The Morgan fingerprint density at radius 2 is 1.74 bits per heavy atom. The van der Waals surface area contributed by atoms with E-state index in [1.54, 1.807) is 6.92 Å². The molecule has 0 saturated carbocycles. The fourth-order valence-corrected chi connectivity index (χ4v) is 4.96. The Kier molecular flexibility index (Phi) is 4.47. The first-order valence-corrected chi connectivity index (χ1v) is 8.34. The van der Waals surface area contributed by atoms with Crippen LogP contribution < -0.4 is 0 Å². The molecule has 0 bridgehead atoms. The van der Waals surface area contributed by atoms with Gasteiger partial charge in [-0.15, -0.1) is 0 Å². The molecule has 2 aliphatic rings. The number of carboxylic acid groups (broad SMARTS) is 1. The topological polar surface area (TPSA) is 77.9 Å². The SMILES string of the molecule is C[C@@H]1[C@H](C(=O)O)CCCN1S(=O)(=O)N1CCCCC1. The molecule has 6 nitrogen and oxygen atoms in total. The van der Waals surface area contributed by atoms with Crippen LogP contribution >= 0.6 is 0 Å². The number of rotatable bonds is 3. The van der Waals surface area contributed by atoms with Crippen LogP contribution in [0.15, 0.2) is 0 Å². The molecule has 2 aliphatic heterocycles. The number of piperidine rings is 2. The van der Waals surface area contributed by atoms with Crippen LogP contribution in [0.3, 0.4) is 0 Å². The molecule has 0 aromatic heterocycles. The minimum atomic E-state index is -3.50. The van der Waals surface area contributed by atoms with Crippen LogP contribution in [0.5, 0.6) is 0 Å². The quantitative estimate of drug-likeness (QED) is 0.838. The van der Waals surface area contributed by atoms with Gasteiger partial charge in [0.1, 0.15) is 0 Å². The first-order valence-electron chi connectivity index (χ1n) is 6.94. The zero-order valence-corrected chi connectivity index (χ0v) is 12.1. The summed E-state index contributed by atoms with van der Waals surface area (Å²) < 4.78 is 28.1. The summed E-state index contributed by atoms with van der Waals surface area (Å²) in [6.07, 6.45) is 4.03. The van der Waals surface area contributed by atoms with Crippen LogP contribution in [0.1, 0.15) is 39.0 Å². The highest BCUT2D eigenvalue weighted by Crippen LogP contribution is 2.28. The molecule has 1 N–H and O–H groups in total. The molecule has 2 saturated heterocycles. The number of aliphatic carboxylic acids is 1. The third-order valence-electron chi connectivity index (χ3n) is 4.19. The van der Waals surface area contributed by atoms with Crippen molar-refractivity contribution < 1.29 is 18.3 Å². The molecule has 19 heavy (non-hydrogen) atoms. The van der Waals surface area contributed by atoms with Crippen molar-refractivity contribution in [2.24, 2.45) is 5.92 Å². The normalized spacial score (nSPS) is 31.2. The van der Waals surface area contributed by atoms with Gasteiger partial charge in [-0.1, -0.05) is 6.42 Å². The van der Waals surface area contributed by atoms with Crippen molar-refractivity contribution in [3.63, 3.8) is 0 Å². The first kappa shape index (κ1) is 14.7. The molecule has 2 fully saturated rings. The van der Waals surface area contributed by atoms with Crippen LogP contribution in [0.4, 0.5) is 0 Å². The zero-order chi connectivity index (χ0) is 14.0. The van der Waals surface area contributed by atoms with Crippen LogP contribution in [-0.2, 0) is 15.0 Å². The molecule has 2 rings (SSSR count). The number of hydrogen-bond donors (Lipinski definition) is 1. The lowest BCUT2D eigenvalue weighted by Crippen LogP contribution is -2.54. The third-order valence-corrected chi connectivity index (χ3v) is 6.31. The lowest BCUT2D eigenvalue weighted by Gasteiger charge is -2.40. The maximum absolute atomic E-state index is 12.6. The van der Waals surface area contributed by atoms with Crippen molar-refractivity contribution in [1.82, 2.24) is 8.61 Å². The predicted octanol–water partition coefficient (Wildman–Crippen LogP) is 0.902. The molecule has 2 heterocycles. The molecule has 0 radical (unpaired) electrons. The Morgan fingerprint density at radius 3 is 2.32 bits per heavy atom. The van der Waals surface area contributed by atoms with E-state index in [2.05, 4.69) is 0 Å². The van der Waals surface area contributed by atoms with Crippen molar-refractivity contribution in [1.29, 1.82) is 0 Å². The van der Waals surface area contributed by atoms with Crippen LogP contribution in [-0.4, -0.2) is 53.8 Å². The van der Waals surface area contributed by atoms with Gasteiger partial charge in [-0.05, 0) is 32.6 Å². The second-order valence-corrected chi connectivity index (χ2v) is 7.29. The summed E-state index contributed by atoms with van der Waals surface area (Å²) in [5.41, 5.74) is 0. The molecule has 2 atom stereocenters. The minimum absolute atomic E-state index is 0.434. The zero-order valence-electron chi connectivity index (χ0n) is 11.3. The van der Waals surface area contributed by atoms with Crippen molar-refractivity contribution in [3.8, 4) is 0 Å². The predicted molar refractivity (Wildman–Crippen MR) is 70.9 cm³/mol. The Hall–Kier alpha value is -0.660. The van der Waals surface area contributed by atoms with Crippen molar-refractivity contribution in [3.05, 3.63) is 0 Å². The molecule has 0 spiro atoms. The Balaban J connectivity index is 2.16. The Bertz CT molecular complexity index is 431. The molecular formula is C12H22N2O4S. The smallest absolute Gasteiger partial charge is 0.308 e. The van der Waals surface area contributed by atoms with Crippen LogP contribution in [0.2, 0.25) is 0 Å². The van der Waals surface area contributed by atoms with Crippen LogP contribution in [0, 0.1) is 5.92 Å². The highest BCUT2D eigenvalue weighted by atomic mass is 32.2. The van der Waals surface area contributed by atoms with Gasteiger partial charge in [0, 0.05) is 25.7 Å². The summed E-state index contributed by atoms with van der Waals surface area (Å²) in [6.45, 7) is 3.26. The van der Waals surface area contributed by atoms with E-state index in [0.29, 0.717) is 32.5 Å². The van der Waals surface area contributed by atoms with Gasteiger partial charge in [0.25, 0.3) is 10.2 Å². The molecule has 0 unspecified atom stereocenters. The van der Waals surface area contributed by atoms with Gasteiger partial charge >= 0.3 is 5.97 Å². The van der Waals surface area contributed by atoms with E-state index >= 15 is 0 Å². The number of carboxylic acids is 1. The highest BCUT2D eigenvalue weighted by Gasteiger charge is 2.41. The summed E-state index contributed by atoms with van der Waals surface area (Å²) in [6, 6.07) is -0.460. The van der Waals surface area contributed by atoms with E-state index in [-0.39, 0.29) is 0 Å². The number of hydrogen-bond acceptors (Lipinski definition) is 3. The molecule has 0 aromatic rings. The summed E-state index contributed by atoms with van der Waals surface area (Å²) in [4.78, 5) is 11.2. The largest absolute Gasteiger partial charge is 0.481 e. The molecule has 0 aliphatic carbocycles. The summed E-state index contributed by atoms with van der Waals surface area (Å²) >= 11 is 0. The monoisotopic (exact) mass is 290 g/mol. The number of nitrogens with zero attached hydrogens (tertiary/aromatic N) is 2. The van der Waals surface area contributed by atoms with Gasteiger partial charge in [0.05, 0.1) is 5.92 Å². The first-order chi connectivity index (χ1) is 8.94. The summed E-state index contributed by atoms with van der Waals surface area (Å²) in [5.74, 6) is -1.49. The van der Waals surface area contributed by atoms with E-state index in [9.17, 15) is 13.2 Å². The average Bonchev–Trinajstić information content (AvgIpc) is 2.39. The van der Waals surface area contributed by atoms with Crippen molar-refractivity contribution in [2.45, 2.75) is 45.1 Å². The van der Waals surface area contributed by atoms with E-state index in [0.717, 1.165) is 19.3 Å². The van der Waals surface area contributed by atoms with Gasteiger partial charge in [0.15, 0.2) is 0 Å². The highest BCUT2D eigenvalue weighted by molar-refractivity contribution is 7.86. The second-order valence-electron chi connectivity index (χ2n) is 5.41. The van der Waals surface area contributed by atoms with Gasteiger partial charge in [0.2, 0.25) is 0 Å². The Morgan fingerprint density at radius 1 is 1.11 bits per heavy atom. The van der Waals surface area contributed by atoms with E-state index < -0.39 is 28.1 Å². The second kappa shape index (κ2) is 5.76. The van der Waals surface area contributed by atoms with Gasteiger partial charge in [-0.25, -0.2) is 0 Å². The summed E-state index contributed by atoms with van der Waals surface area (Å²) in [5, 5.41) is 9.17. The fourth-order valence-electron chi connectivity index (χ4n) is 3.01. The average molecular weight is 290 g/mol. The lowest BCUT2D eigenvalue weighted by atomic mass is 9.92. The van der Waals surface area contributed by atoms with Gasteiger partial charge in [-0.3, -0.25) is 4.79 Å². The Labute approximate surface area is 114 Å². The third kappa shape index (κ3) is 2.93. The van der Waals surface area contributed by atoms with E-state index in [4.69, 9.17) is 5.11 Å². The standard InChI is InChI=1S/C12H22N2O4S/c1-10-11(12(15)16)6-5-9-14(10)19(17,18)13-7-3-2-4-8-13/h10-11H,2-9H2,1H3,(H,15,16)/t10-,11-/m1/s1. The maximum atomic E-state index is 12.6.